The molecule has 0 heterocycles. The largest absolute Gasteiger partial charge is 0.508 e. The molecule has 0 aliphatic carbocycles. The molecule has 0 aromatic heterocycles. The number of hydrogen-bond acceptors (Lipinski definition) is 3. The van der Waals surface area contributed by atoms with Crippen LogP contribution >= 0.6 is 11.6 Å². The molecule has 94 valence electrons. The van der Waals surface area contributed by atoms with Gasteiger partial charge in [0.25, 0.3) is 0 Å². The van der Waals surface area contributed by atoms with Crippen LogP contribution in [0.5, 0.6) is 11.5 Å². The summed E-state index contributed by atoms with van der Waals surface area (Å²) in [6.45, 7) is 0.328. The van der Waals surface area contributed by atoms with E-state index in [1.165, 1.54) is 0 Å². The number of halogens is 1. The van der Waals surface area contributed by atoms with E-state index in [1.54, 1.807) is 36.4 Å². The predicted molar refractivity (Wildman–Crippen MR) is 72.0 cm³/mol. The minimum atomic E-state index is -0.262. The fourth-order valence-electron chi connectivity index (χ4n) is 1.56. The highest BCUT2D eigenvalue weighted by molar-refractivity contribution is 6.32. The molecule has 1 unspecified atom stereocenters. The molecule has 2 aromatic rings. The summed E-state index contributed by atoms with van der Waals surface area (Å²) in [5, 5.41) is 9.76. The summed E-state index contributed by atoms with van der Waals surface area (Å²) in [5.41, 5.74) is 6.90. The van der Waals surface area contributed by atoms with E-state index in [-0.39, 0.29) is 11.8 Å². The van der Waals surface area contributed by atoms with E-state index in [2.05, 4.69) is 0 Å². The summed E-state index contributed by atoms with van der Waals surface area (Å²) in [5.74, 6) is 0.839. The van der Waals surface area contributed by atoms with Gasteiger partial charge in [-0.25, -0.2) is 0 Å². The van der Waals surface area contributed by atoms with Crippen LogP contribution in [0.15, 0.2) is 48.5 Å². The molecule has 2 aromatic carbocycles. The summed E-state index contributed by atoms with van der Waals surface area (Å²) in [6, 6.07) is 13.8. The maximum absolute atomic E-state index is 9.19. The van der Waals surface area contributed by atoms with E-state index in [0.29, 0.717) is 17.4 Å². The molecule has 0 saturated carbocycles. The highest BCUT2D eigenvalue weighted by Crippen LogP contribution is 2.24. The van der Waals surface area contributed by atoms with E-state index in [0.717, 1.165) is 5.56 Å². The van der Waals surface area contributed by atoms with Crippen LogP contribution in [-0.2, 0) is 0 Å². The molecule has 0 aliphatic heterocycles. The van der Waals surface area contributed by atoms with Crippen LogP contribution in [0.25, 0.3) is 0 Å². The number of phenolic OH excluding ortho intramolecular Hbond substituents is 1. The van der Waals surface area contributed by atoms with Crippen LogP contribution < -0.4 is 10.5 Å². The maximum Gasteiger partial charge on any atom is 0.137 e. The summed E-state index contributed by atoms with van der Waals surface area (Å²) in [6.07, 6.45) is 0. The lowest BCUT2D eigenvalue weighted by atomic mass is 10.1. The van der Waals surface area contributed by atoms with Gasteiger partial charge in [-0.3, -0.25) is 0 Å². The van der Waals surface area contributed by atoms with Crippen molar-refractivity contribution in [3.05, 3.63) is 59.1 Å². The number of nitrogens with two attached hydrogens (primary N) is 1. The van der Waals surface area contributed by atoms with Gasteiger partial charge in [-0.1, -0.05) is 35.9 Å². The van der Waals surface area contributed by atoms with Gasteiger partial charge >= 0.3 is 0 Å². The summed E-state index contributed by atoms with van der Waals surface area (Å²) < 4.78 is 5.56. The lowest BCUT2D eigenvalue weighted by Gasteiger charge is -2.14. The topological polar surface area (TPSA) is 55.5 Å². The standard InChI is InChI=1S/C14H14ClNO2/c15-12-3-1-2-4-14(12)18-9-13(16)10-5-7-11(17)8-6-10/h1-8,13,17H,9,16H2. The first-order valence-corrected chi connectivity index (χ1v) is 5.96. The number of ether oxygens (including phenoxy) is 1. The SMILES string of the molecule is NC(COc1ccccc1Cl)c1ccc(O)cc1. The fourth-order valence-corrected chi connectivity index (χ4v) is 1.75. The first-order chi connectivity index (χ1) is 8.66. The number of para-hydroxylation sites is 1. The van der Waals surface area contributed by atoms with Gasteiger partial charge in [0.05, 0.1) is 11.1 Å². The Balaban J connectivity index is 1.98. The van der Waals surface area contributed by atoms with Crippen LogP contribution in [0, 0.1) is 0 Å². The highest BCUT2D eigenvalue weighted by atomic mass is 35.5. The van der Waals surface area contributed by atoms with Crippen LogP contribution in [0.4, 0.5) is 0 Å². The monoisotopic (exact) mass is 263 g/mol. The molecule has 4 heteroatoms. The molecule has 3 nitrogen and oxygen atoms in total. The first kappa shape index (κ1) is 12.7. The number of phenols is 1. The van der Waals surface area contributed by atoms with E-state index < -0.39 is 0 Å². The smallest absolute Gasteiger partial charge is 0.137 e. The van der Waals surface area contributed by atoms with Crippen LogP contribution in [0.1, 0.15) is 11.6 Å². The molecular weight excluding hydrogens is 250 g/mol. The molecule has 18 heavy (non-hydrogen) atoms. The second-order valence-corrected chi connectivity index (χ2v) is 4.35. The minimum absolute atomic E-state index is 0.220. The van der Waals surface area contributed by atoms with Gasteiger partial charge in [0.15, 0.2) is 0 Å². The molecule has 0 aliphatic rings. The van der Waals surface area contributed by atoms with E-state index in [4.69, 9.17) is 22.1 Å². The molecule has 1 atom stereocenters. The molecule has 0 spiro atoms. The van der Waals surface area contributed by atoms with Crippen LogP contribution in [0.2, 0.25) is 5.02 Å². The number of aromatic hydroxyl groups is 1. The number of benzene rings is 2. The second-order valence-electron chi connectivity index (χ2n) is 3.94. The average molecular weight is 264 g/mol. The average Bonchev–Trinajstić information content (AvgIpc) is 2.38. The molecule has 0 radical (unpaired) electrons. The van der Waals surface area contributed by atoms with Crippen molar-refractivity contribution in [2.75, 3.05) is 6.61 Å². The molecular formula is C14H14ClNO2. The Hall–Kier alpha value is -1.71. The molecule has 0 amide bonds. The van der Waals surface area contributed by atoms with Gasteiger partial charge in [-0.05, 0) is 29.8 Å². The van der Waals surface area contributed by atoms with Gasteiger partial charge in [0, 0.05) is 0 Å². The lowest BCUT2D eigenvalue weighted by molar-refractivity contribution is 0.291. The zero-order chi connectivity index (χ0) is 13.0. The third-order valence-electron chi connectivity index (χ3n) is 2.58. The first-order valence-electron chi connectivity index (χ1n) is 5.58. The van der Waals surface area contributed by atoms with Crippen LogP contribution in [0.3, 0.4) is 0 Å². The van der Waals surface area contributed by atoms with Crippen molar-refractivity contribution in [1.29, 1.82) is 0 Å². The summed E-state index contributed by atoms with van der Waals surface area (Å²) >= 11 is 5.98. The highest BCUT2D eigenvalue weighted by Gasteiger charge is 2.08. The van der Waals surface area contributed by atoms with E-state index in [9.17, 15) is 5.11 Å². The normalized spacial score (nSPS) is 12.1. The number of rotatable bonds is 4. The van der Waals surface area contributed by atoms with E-state index in [1.807, 2.05) is 12.1 Å². The Morgan fingerprint density at radius 1 is 1.11 bits per heavy atom. The van der Waals surface area contributed by atoms with Crippen molar-refractivity contribution in [3.8, 4) is 11.5 Å². The Morgan fingerprint density at radius 3 is 2.44 bits per heavy atom. The van der Waals surface area contributed by atoms with Crippen molar-refractivity contribution >= 4 is 11.6 Å². The Labute approximate surface area is 111 Å². The second kappa shape index (κ2) is 5.76. The van der Waals surface area contributed by atoms with Crippen molar-refractivity contribution in [2.24, 2.45) is 5.73 Å². The van der Waals surface area contributed by atoms with Crippen LogP contribution in [-0.4, -0.2) is 11.7 Å². The molecule has 0 bridgehead atoms. The Kier molecular flexibility index (Phi) is 4.07. The number of hydrogen-bond donors (Lipinski definition) is 2. The Bertz CT molecular complexity index is 513. The molecule has 3 N–H and O–H groups in total. The molecule has 0 saturated heterocycles. The van der Waals surface area contributed by atoms with Gasteiger partial charge < -0.3 is 15.6 Å². The zero-order valence-corrected chi connectivity index (χ0v) is 10.5. The maximum atomic E-state index is 9.19. The van der Waals surface area contributed by atoms with Crippen molar-refractivity contribution < 1.29 is 9.84 Å². The fraction of sp³-hybridized carbons (Fsp3) is 0.143. The molecule has 0 fully saturated rings. The third-order valence-corrected chi connectivity index (χ3v) is 2.89. The van der Waals surface area contributed by atoms with Gasteiger partial charge in [0.1, 0.15) is 18.1 Å². The quantitative estimate of drug-likeness (QED) is 0.891. The van der Waals surface area contributed by atoms with Crippen molar-refractivity contribution in [3.63, 3.8) is 0 Å². The van der Waals surface area contributed by atoms with Gasteiger partial charge in [0.2, 0.25) is 0 Å². The summed E-state index contributed by atoms with van der Waals surface area (Å²) in [4.78, 5) is 0. The predicted octanol–water partition coefficient (Wildman–Crippen LogP) is 3.12. The molecule has 2 rings (SSSR count). The van der Waals surface area contributed by atoms with Crippen molar-refractivity contribution in [2.45, 2.75) is 6.04 Å². The van der Waals surface area contributed by atoms with E-state index >= 15 is 0 Å². The zero-order valence-electron chi connectivity index (χ0n) is 9.71. The Morgan fingerprint density at radius 2 is 1.78 bits per heavy atom. The van der Waals surface area contributed by atoms with Crippen molar-refractivity contribution in [1.82, 2.24) is 0 Å². The van der Waals surface area contributed by atoms with Gasteiger partial charge in [-0.2, -0.15) is 0 Å². The van der Waals surface area contributed by atoms with Gasteiger partial charge in [-0.15, -0.1) is 0 Å². The third kappa shape index (κ3) is 3.15. The summed E-state index contributed by atoms with van der Waals surface area (Å²) in [7, 11) is 0. The lowest BCUT2D eigenvalue weighted by Crippen LogP contribution is -2.18. The minimum Gasteiger partial charge on any atom is -0.508 e.